The Bertz CT molecular complexity index is 476. The molecule has 1 aromatic carbocycles. The van der Waals surface area contributed by atoms with Crippen LogP contribution in [-0.4, -0.2) is 31.8 Å². The Morgan fingerprint density at radius 2 is 1.90 bits per heavy atom. The number of esters is 1. The minimum absolute atomic E-state index is 0.113. The Morgan fingerprint density at radius 1 is 1.24 bits per heavy atom. The summed E-state index contributed by atoms with van der Waals surface area (Å²) in [6.07, 6.45) is 0. The number of hydrogen-bond donors (Lipinski definition) is 1. The van der Waals surface area contributed by atoms with Crippen molar-refractivity contribution in [2.24, 2.45) is 5.92 Å². The minimum Gasteiger partial charge on any atom is -0.460 e. The van der Waals surface area contributed by atoms with E-state index in [1.165, 1.54) is 5.56 Å². The Kier molecular flexibility index (Phi) is 5.01. The van der Waals surface area contributed by atoms with Gasteiger partial charge in [0.1, 0.15) is 5.60 Å². The molecule has 0 radical (unpaired) electrons. The first-order valence-corrected chi connectivity index (χ1v) is 7.42. The number of ether oxygens (including phenoxy) is 2. The lowest BCUT2D eigenvalue weighted by Gasteiger charge is -2.24. The minimum atomic E-state index is -0.438. The van der Waals surface area contributed by atoms with Crippen molar-refractivity contribution < 1.29 is 14.3 Å². The zero-order valence-electron chi connectivity index (χ0n) is 13.3. The molecule has 0 aromatic heterocycles. The third-order valence-corrected chi connectivity index (χ3v) is 3.64. The van der Waals surface area contributed by atoms with E-state index < -0.39 is 5.60 Å². The van der Waals surface area contributed by atoms with Gasteiger partial charge >= 0.3 is 5.97 Å². The summed E-state index contributed by atoms with van der Waals surface area (Å²) in [5, 5.41) is 3.30. The third-order valence-electron chi connectivity index (χ3n) is 3.64. The van der Waals surface area contributed by atoms with Crippen LogP contribution in [0.3, 0.4) is 0 Å². The summed E-state index contributed by atoms with van der Waals surface area (Å²) in [6, 6.07) is 8.29. The van der Waals surface area contributed by atoms with E-state index in [0.717, 1.165) is 12.1 Å². The fourth-order valence-electron chi connectivity index (χ4n) is 2.68. The molecule has 0 spiro atoms. The fraction of sp³-hybridized carbons (Fsp3) is 0.588. The van der Waals surface area contributed by atoms with Crippen molar-refractivity contribution in [1.29, 1.82) is 0 Å². The summed E-state index contributed by atoms with van der Waals surface area (Å²) in [5.41, 5.74) is 1.88. The molecule has 2 unspecified atom stereocenters. The summed E-state index contributed by atoms with van der Waals surface area (Å²) in [5.74, 6) is -0.0487. The first kappa shape index (κ1) is 16.0. The van der Waals surface area contributed by atoms with Gasteiger partial charge in [-0.1, -0.05) is 24.3 Å². The lowest BCUT2D eigenvalue weighted by atomic mass is 9.88. The summed E-state index contributed by atoms with van der Waals surface area (Å²) in [6.45, 7) is 7.82. The van der Waals surface area contributed by atoms with Crippen molar-refractivity contribution >= 4 is 5.97 Å². The van der Waals surface area contributed by atoms with Crippen LogP contribution < -0.4 is 5.32 Å². The first-order valence-electron chi connectivity index (χ1n) is 7.42. The van der Waals surface area contributed by atoms with Crippen LogP contribution in [0.4, 0.5) is 0 Å². The molecule has 1 aliphatic rings. The predicted molar refractivity (Wildman–Crippen MR) is 82.1 cm³/mol. The molecule has 21 heavy (non-hydrogen) atoms. The van der Waals surface area contributed by atoms with Crippen molar-refractivity contribution in [2.45, 2.75) is 38.9 Å². The van der Waals surface area contributed by atoms with Crippen LogP contribution >= 0.6 is 0 Å². The van der Waals surface area contributed by atoms with E-state index in [0.29, 0.717) is 13.2 Å². The van der Waals surface area contributed by atoms with Crippen LogP contribution in [0, 0.1) is 5.92 Å². The van der Waals surface area contributed by atoms with Gasteiger partial charge in [0.15, 0.2) is 0 Å². The van der Waals surface area contributed by atoms with E-state index in [9.17, 15) is 4.79 Å². The number of carbonyl (C=O) groups excluding carboxylic acids is 1. The predicted octanol–water partition coefficient (Wildman–Crippen LogP) is 2.48. The molecule has 0 aliphatic carbocycles. The van der Waals surface area contributed by atoms with Gasteiger partial charge in [0.2, 0.25) is 0 Å². The molecule has 1 aliphatic heterocycles. The largest absolute Gasteiger partial charge is 0.460 e. The van der Waals surface area contributed by atoms with E-state index in [2.05, 4.69) is 29.6 Å². The topological polar surface area (TPSA) is 47.6 Å². The van der Waals surface area contributed by atoms with E-state index in [-0.39, 0.29) is 17.8 Å². The molecular formula is C17H25NO3. The second kappa shape index (κ2) is 6.58. The van der Waals surface area contributed by atoms with Crippen LogP contribution in [-0.2, 0) is 20.9 Å². The third kappa shape index (κ3) is 4.29. The highest BCUT2D eigenvalue weighted by Crippen LogP contribution is 2.30. The highest BCUT2D eigenvalue weighted by molar-refractivity contribution is 5.75. The summed E-state index contributed by atoms with van der Waals surface area (Å²) >= 11 is 0. The maximum absolute atomic E-state index is 12.3. The maximum Gasteiger partial charge on any atom is 0.311 e. The number of nitrogens with one attached hydrogen (secondary N) is 1. The molecule has 0 bridgehead atoms. The quantitative estimate of drug-likeness (QED) is 0.866. The highest BCUT2D eigenvalue weighted by atomic mass is 16.6. The summed E-state index contributed by atoms with van der Waals surface area (Å²) in [7, 11) is 1.69. The van der Waals surface area contributed by atoms with E-state index >= 15 is 0 Å². The summed E-state index contributed by atoms with van der Waals surface area (Å²) in [4.78, 5) is 12.3. The molecule has 0 saturated carbocycles. The van der Waals surface area contributed by atoms with Crippen molar-refractivity contribution in [2.75, 3.05) is 20.2 Å². The fourth-order valence-corrected chi connectivity index (χ4v) is 2.68. The first-order chi connectivity index (χ1) is 9.90. The molecule has 4 heteroatoms. The van der Waals surface area contributed by atoms with Gasteiger partial charge in [0, 0.05) is 26.1 Å². The Labute approximate surface area is 126 Å². The van der Waals surface area contributed by atoms with Crippen molar-refractivity contribution in [1.82, 2.24) is 5.32 Å². The molecule has 1 fully saturated rings. The smallest absolute Gasteiger partial charge is 0.311 e. The summed E-state index contributed by atoms with van der Waals surface area (Å²) < 4.78 is 10.7. The van der Waals surface area contributed by atoms with Crippen LogP contribution in [0.15, 0.2) is 24.3 Å². The molecule has 0 amide bonds. The number of rotatable bonds is 4. The van der Waals surface area contributed by atoms with E-state index in [1.54, 1.807) is 7.11 Å². The zero-order valence-corrected chi connectivity index (χ0v) is 13.3. The van der Waals surface area contributed by atoms with Crippen molar-refractivity contribution in [3.8, 4) is 0 Å². The van der Waals surface area contributed by atoms with Gasteiger partial charge in [-0.05, 0) is 31.9 Å². The number of carbonyl (C=O) groups is 1. The molecule has 2 rings (SSSR count). The number of benzene rings is 1. The van der Waals surface area contributed by atoms with Crippen LogP contribution in [0.1, 0.15) is 37.8 Å². The lowest BCUT2D eigenvalue weighted by molar-refractivity contribution is -0.159. The monoisotopic (exact) mass is 291 g/mol. The number of methoxy groups -OCH3 is 1. The van der Waals surface area contributed by atoms with Gasteiger partial charge < -0.3 is 14.8 Å². The van der Waals surface area contributed by atoms with Crippen LogP contribution in [0.2, 0.25) is 0 Å². The average Bonchev–Trinajstić information content (AvgIpc) is 2.87. The molecular weight excluding hydrogens is 266 g/mol. The van der Waals surface area contributed by atoms with Gasteiger partial charge in [-0.15, -0.1) is 0 Å². The molecule has 1 N–H and O–H groups in total. The zero-order chi connectivity index (χ0) is 15.5. The number of hydrogen-bond acceptors (Lipinski definition) is 4. The Hall–Kier alpha value is -1.39. The average molecular weight is 291 g/mol. The second-order valence-electron chi connectivity index (χ2n) is 6.58. The SMILES string of the molecule is COCc1ccc(C2CNCC2C(=O)OC(C)(C)C)cc1. The molecule has 1 aromatic rings. The maximum atomic E-state index is 12.3. The van der Waals surface area contributed by atoms with Gasteiger partial charge in [-0.2, -0.15) is 0 Å². The van der Waals surface area contributed by atoms with Crippen molar-refractivity contribution in [3.63, 3.8) is 0 Å². The molecule has 4 nitrogen and oxygen atoms in total. The van der Waals surface area contributed by atoms with E-state index in [1.807, 2.05) is 20.8 Å². The molecule has 116 valence electrons. The second-order valence-corrected chi connectivity index (χ2v) is 6.58. The van der Waals surface area contributed by atoms with Gasteiger partial charge in [0.05, 0.1) is 12.5 Å². The molecule has 1 heterocycles. The van der Waals surface area contributed by atoms with Gasteiger partial charge in [-0.3, -0.25) is 4.79 Å². The normalized spacial score (nSPS) is 22.3. The standard InChI is InChI=1S/C17H25NO3/c1-17(2,3)21-16(19)15-10-18-9-14(15)13-7-5-12(6-8-13)11-20-4/h5-8,14-15,18H,9-11H2,1-4H3. The Morgan fingerprint density at radius 3 is 2.48 bits per heavy atom. The van der Waals surface area contributed by atoms with Crippen LogP contribution in [0.25, 0.3) is 0 Å². The van der Waals surface area contributed by atoms with Crippen LogP contribution in [0.5, 0.6) is 0 Å². The highest BCUT2D eigenvalue weighted by Gasteiger charge is 2.36. The van der Waals surface area contributed by atoms with E-state index in [4.69, 9.17) is 9.47 Å². The van der Waals surface area contributed by atoms with Gasteiger partial charge in [-0.25, -0.2) is 0 Å². The van der Waals surface area contributed by atoms with Gasteiger partial charge in [0.25, 0.3) is 0 Å². The molecule has 1 saturated heterocycles. The molecule has 2 atom stereocenters. The van der Waals surface area contributed by atoms with Crippen molar-refractivity contribution in [3.05, 3.63) is 35.4 Å². The lowest BCUT2D eigenvalue weighted by Crippen LogP contribution is -2.31. The Balaban J connectivity index is 2.09.